The van der Waals surface area contributed by atoms with Gasteiger partial charge in [0.1, 0.15) is 6.04 Å². The van der Waals surface area contributed by atoms with Crippen LogP contribution in [0.25, 0.3) is 0 Å². The molecule has 0 aliphatic rings. The Bertz CT molecular complexity index is 419. The van der Waals surface area contributed by atoms with Crippen LogP contribution < -0.4 is 5.73 Å². The summed E-state index contributed by atoms with van der Waals surface area (Å²) in [6.07, 6.45) is 0.0422. The summed E-state index contributed by atoms with van der Waals surface area (Å²) in [4.78, 5) is 23.2. The lowest BCUT2D eigenvalue weighted by atomic mass is 9.89. The first-order valence-corrected chi connectivity index (χ1v) is 6.14. The topological polar surface area (TPSA) is 78.6 Å². The van der Waals surface area contributed by atoms with E-state index in [9.17, 15) is 9.59 Å². The Kier molecular flexibility index (Phi) is 6.02. The van der Waals surface area contributed by atoms with E-state index >= 15 is 0 Å². The van der Waals surface area contributed by atoms with E-state index in [2.05, 4.69) is 4.74 Å². The summed E-state index contributed by atoms with van der Waals surface area (Å²) in [6, 6.07) is 8.28. The van der Waals surface area contributed by atoms with Gasteiger partial charge in [0, 0.05) is 5.92 Å². The van der Waals surface area contributed by atoms with Crippen LogP contribution in [0, 0.1) is 0 Å². The van der Waals surface area contributed by atoms with Crippen LogP contribution in [-0.2, 0) is 19.1 Å². The summed E-state index contributed by atoms with van der Waals surface area (Å²) in [5.41, 5.74) is 6.71. The smallest absolute Gasteiger partial charge is 0.323 e. The van der Waals surface area contributed by atoms with Crippen molar-refractivity contribution < 1.29 is 19.1 Å². The molecule has 1 rings (SSSR count). The largest absolute Gasteiger partial charge is 0.469 e. The molecule has 19 heavy (non-hydrogen) atoms. The normalized spacial score (nSPS) is 13.4. The SMILES string of the molecule is CCOC(=O)C(N)C(CC(=O)OC)c1ccccc1. The van der Waals surface area contributed by atoms with Crippen molar-refractivity contribution in [2.45, 2.75) is 25.3 Å². The highest BCUT2D eigenvalue weighted by atomic mass is 16.5. The molecule has 1 aromatic rings. The Labute approximate surface area is 112 Å². The molecule has 0 saturated carbocycles. The third-order valence-electron chi connectivity index (χ3n) is 2.83. The van der Waals surface area contributed by atoms with E-state index in [1.807, 2.05) is 30.3 Å². The van der Waals surface area contributed by atoms with Gasteiger partial charge in [-0.3, -0.25) is 9.59 Å². The van der Waals surface area contributed by atoms with E-state index in [0.717, 1.165) is 5.56 Å². The van der Waals surface area contributed by atoms with Crippen LogP contribution in [0.5, 0.6) is 0 Å². The first-order valence-electron chi connectivity index (χ1n) is 6.14. The summed E-state index contributed by atoms with van der Waals surface area (Å²) in [7, 11) is 1.31. The number of hydrogen-bond donors (Lipinski definition) is 1. The maximum absolute atomic E-state index is 11.7. The Hall–Kier alpha value is -1.88. The Balaban J connectivity index is 2.92. The average Bonchev–Trinajstić information content (AvgIpc) is 2.44. The summed E-state index contributed by atoms with van der Waals surface area (Å²) in [5, 5.41) is 0. The number of rotatable bonds is 6. The maximum Gasteiger partial charge on any atom is 0.323 e. The molecule has 0 bridgehead atoms. The van der Waals surface area contributed by atoms with Crippen LogP contribution in [0.4, 0.5) is 0 Å². The third kappa shape index (κ3) is 4.37. The molecule has 0 spiro atoms. The van der Waals surface area contributed by atoms with E-state index in [0.29, 0.717) is 0 Å². The van der Waals surface area contributed by atoms with Gasteiger partial charge < -0.3 is 15.2 Å². The molecule has 2 atom stereocenters. The van der Waals surface area contributed by atoms with Crippen molar-refractivity contribution in [3.05, 3.63) is 35.9 Å². The zero-order chi connectivity index (χ0) is 14.3. The van der Waals surface area contributed by atoms with Crippen LogP contribution in [0.15, 0.2) is 30.3 Å². The van der Waals surface area contributed by atoms with Gasteiger partial charge in [-0.15, -0.1) is 0 Å². The number of carbonyl (C=O) groups is 2. The first kappa shape index (κ1) is 15.2. The van der Waals surface area contributed by atoms with Gasteiger partial charge >= 0.3 is 11.9 Å². The van der Waals surface area contributed by atoms with Crippen LogP contribution in [0.2, 0.25) is 0 Å². The Morgan fingerprint density at radius 2 is 1.89 bits per heavy atom. The average molecular weight is 265 g/mol. The molecular formula is C14H19NO4. The highest BCUT2D eigenvalue weighted by Gasteiger charge is 2.29. The molecule has 0 aliphatic carbocycles. The molecular weight excluding hydrogens is 246 g/mol. The predicted molar refractivity (Wildman–Crippen MR) is 70.4 cm³/mol. The molecule has 0 heterocycles. The number of hydrogen-bond acceptors (Lipinski definition) is 5. The zero-order valence-electron chi connectivity index (χ0n) is 11.2. The molecule has 2 unspecified atom stereocenters. The second kappa shape index (κ2) is 7.53. The van der Waals surface area contributed by atoms with Crippen molar-refractivity contribution in [2.24, 2.45) is 5.73 Å². The minimum atomic E-state index is -0.888. The molecule has 104 valence electrons. The van der Waals surface area contributed by atoms with Gasteiger partial charge in [-0.2, -0.15) is 0 Å². The number of benzene rings is 1. The summed E-state index contributed by atoms with van der Waals surface area (Å²) in [5.74, 6) is -1.37. The summed E-state index contributed by atoms with van der Waals surface area (Å²) < 4.78 is 9.55. The lowest BCUT2D eigenvalue weighted by molar-refractivity contribution is -0.146. The lowest BCUT2D eigenvalue weighted by Gasteiger charge is -2.21. The lowest BCUT2D eigenvalue weighted by Crippen LogP contribution is -2.39. The Morgan fingerprint density at radius 3 is 2.42 bits per heavy atom. The molecule has 0 saturated heterocycles. The summed E-state index contributed by atoms with van der Waals surface area (Å²) in [6.45, 7) is 1.97. The molecule has 1 aromatic carbocycles. The number of ether oxygens (including phenoxy) is 2. The van der Waals surface area contributed by atoms with E-state index in [1.165, 1.54) is 7.11 Å². The highest BCUT2D eigenvalue weighted by molar-refractivity contribution is 5.79. The fourth-order valence-corrected chi connectivity index (χ4v) is 1.82. The molecule has 0 aliphatic heterocycles. The van der Waals surface area contributed by atoms with Crippen LogP contribution in [0.3, 0.4) is 0 Å². The van der Waals surface area contributed by atoms with Crippen molar-refractivity contribution >= 4 is 11.9 Å². The monoisotopic (exact) mass is 265 g/mol. The molecule has 5 nitrogen and oxygen atoms in total. The van der Waals surface area contributed by atoms with Crippen LogP contribution >= 0.6 is 0 Å². The Morgan fingerprint density at radius 1 is 1.26 bits per heavy atom. The second-order valence-electron chi connectivity index (χ2n) is 4.08. The van der Waals surface area contributed by atoms with Crippen molar-refractivity contribution in [1.29, 1.82) is 0 Å². The molecule has 0 fully saturated rings. The van der Waals surface area contributed by atoms with E-state index in [1.54, 1.807) is 6.92 Å². The van der Waals surface area contributed by atoms with Crippen molar-refractivity contribution in [3.63, 3.8) is 0 Å². The fourth-order valence-electron chi connectivity index (χ4n) is 1.82. The van der Waals surface area contributed by atoms with Crippen LogP contribution in [-0.4, -0.2) is 31.7 Å². The number of carbonyl (C=O) groups excluding carboxylic acids is 2. The quantitative estimate of drug-likeness (QED) is 0.782. The van der Waals surface area contributed by atoms with Gasteiger partial charge in [0.05, 0.1) is 20.1 Å². The van der Waals surface area contributed by atoms with Gasteiger partial charge in [-0.1, -0.05) is 30.3 Å². The zero-order valence-corrected chi connectivity index (χ0v) is 11.2. The second-order valence-corrected chi connectivity index (χ2v) is 4.08. The van der Waals surface area contributed by atoms with Gasteiger partial charge in [0.2, 0.25) is 0 Å². The van der Waals surface area contributed by atoms with Gasteiger partial charge in [0.25, 0.3) is 0 Å². The standard InChI is InChI=1S/C14H19NO4/c1-3-19-14(17)13(15)11(9-12(16)18-2)10-7-5-4-6-8-10/h4-8,11,13H,3,9,15H2,1-2H3. The highest BCUT2D eigenvalue weighted by Crippen LogP contribution is 2.23. The summed E-state index contributed by atoms with van der Waals surface area (Å²) >= 11 is 0. The van der Waals surface area contributed by atoms with Crippen molar-refractivity contribution in [3.8, 4) is 0 Å². The van der Waals surface area contributed by atoms with Gasteiger partial charge in [0.15, 0.2) is 0 Å². The molecule has 5 heteroatoms. The van der Waals surface area contributed by atoms with Gasteiger partial charge in [-0.05, 0) is 12.5 Å². The molecule has 0 radical (unpaired) electrons. The number of nitrogens with two attached hydrogens (primary N) is 1. The van der Waals surface area contributed by atoms with Gasteiger partial charge in [-0.25, -0.2) is 0 Å². The molecule has 0 amide bonds. The number of methoxy groups -OCH3 is 1. The fraction of sp³-hybridized carbons (Fsp3) is 0.429. The maximum atomic E-state index is 11.7. The molecule has 2 N–H and O–H groups in total. The van der Waals surface area contributed by atoms with Crippen LogP contribution in [0.1, 0.15) is 24.8 Å². The van der Waals surface area contributed by atoms with E-state index in [4.69, 9.17) is 10.5 Å². The first-order chi connectivity index (χ1) is 9.10. The predicted octanol–water partition coefficient (Wildman–Crippen LogP) is 1.22. The van der Waals surface area contributed by atoms with Crippen molar-refractivity contribution in [2.75, 3.05) is 13.7 Å². The molecule has 0 aromatic heterocycles. The minimum absolute atomic E-state index is 0.0422. The van der Waals surface area contributed by atoms with Crippen molar-refractivity contribution in [1.82, 2.24) is 0 Å². The third-order valence-corrected chi connectivity index (χ3v) is 2.83. The van der Waals surface area contributed by atoms with E-state index < -0.39 is 23.9 Å². The minimum Gasteiger partial charge on any atom is -0.469 e. The van der Waals surface area contributed by atoms with E-state index in [-0.39, 0.29) is 13.0 Å². The number of esters is 2.